The molecule has 0 bridgehead atoms. The minimum absolute atomic E-state index is 0.184. The second-order valence-electron chi connectivity index (χ2n) is 4.79. The van der Waals surface area contributed by atoms with Gasteiger partial charge in [-0.05, 0) is 31.9 Å². The molecule has 0 spiro atoms. The van der Waals surface area contributed by atoms with Gasteiger partial charge in [0, 0.05) is 17.8 Å². The highest BCUT2D eigenvalue weighted by molar-refractivity contribution is 5.62. The van der Waals surface area contributed by atoms with Crippen LogP contribution in [0.25, 0.3) is 0 Å². The highest BCUT2D eigenvalue weighted by atomic mass is 16.3. The van der Waals surface area contributed by atoms with E-state index in [2.05, 4.69) is 20.6 Å². The lowest BCUT2D eigenvalue weighted by atomic mass is 10.3. The van der Waals surface area contributed by atoms with E-state index in [4.69, 9.17) is 0 Å². The Morgan fingerprint density at radius 3 is 2.79 bits per heavy atom. The average Bonchev–Trinajstić information content (AvgIpc) is 3.20. The molecule has 19 heavy (non-hydrogen) atoms. The van der Waals surface area contributed by atoms with Crippen molar-refractivity contribution in [3.05, 3.63) is 36.0 Å². The van der Waals surface area contributed by atoms with Crippen molar-refractivity contribution in [2.24, 2.45) is 0 Å². The minimum atomic E-state index is 0.184. The van der Waals surface area contributed by atoms with Crippen molar-refractivity contribution in [2.45, 2.75) is 25.8 Å². The van der Waals surface area contributed by atoms with Crippen LogP contribution in [-0.2, 0) is 0 Å². The van der Waals surface area contributed by atoms with Crippen LogP contribution in [0.5, 0.6) is 5.75 Å². The van der Waals surface area contributed by atoms with Crippen LogP contribution >= 0.6 is 0 Å². The van der Waals surface area contributed by atoms with Crippen LogP contribution in [-0.4, -0.2) is 21.1 Å². The van der Waals surface area contributed by atoms with Crippen LogP contribution < -0.4 is 10.6 Å². The largest absolute Gasteiger partial charge is 0.506 e. The molecule has 5 nitrogen and oxygen atoms in total. The fourth-order valence-corrected chi connectivity index (χ4v) is 1.77. The van der Waals surface area contributed by atoms with Gasteiger partial charge in [0.15, 0.2) is 0 Å². The molecule has 1 heterocycles. The first-order chi connectivity index (χ1) is 9.22. The number of hydrogen-bond donors (Lipinski definition) is 3. The van der Waals surface area contributed by atoms with E-state index in [0.29, 0.717) is 17.7 Å². The molecule has 3 N–H and O–H groups in total. The molecule has 1 aromatic heterocycles. The third kappa shape index (κ3) is 2.76. The predicted octanol–water partition coefficient (Wildman–Crippen LogP) is 2.81. The van der Waals surface area contributed by atoms with E-state index < -0.39 is 0 Å². The number of hydrogen-bond acceptors (Lipinski definition) is 5. The Labute approximate surface area is 111 Å². The van der Waals surface area contributed by atoms with Crippen molar-refractivity contribution >= 4 is 17.5 Å². The first-order valence-corrected chi connectivity index (χ1v) is 6.37. The number of nitrogens with zero attached hydrogens (tertiary/aromatic N) is 2. The molecule has 5 heteroatoms. The second-order valence-corrected chi connectivity index (χ2v) is 4.79. The van der Waals surface area contributed by atoms with Gasteiger partial charge in [-0.25, -0.2) is 4.98 Å². The summed E-state index contributed by atoms with van der Waals surface area (Å²) >= 11 is 0. The maximum absolute atomic E-state index is 9.72. The lowest BCUT2D eigenvalue weighted by Gasteiger charge is -2.10. The van der Waals surface area contributed by atoms with E-state index in [1.165, 1.54) is 12.8 Å². The standard InChI is InChI=1S/C14H16N4O/c1-9-8-15-14(18-13(9)16-10-6-7-10)17-11-4-2-3-5-12(11)19/h2-5,8,10,19H,6-7H2,1H3,(H2,15,16,17,18). The van der Waals surface area contributed by atoms with Crippen molar-refractivity contribution in [3.63, 3.8) is 0 Å². The lowest BCUT2D eigenvalue weighted by Crippen LogP contribution is -2.07. The third-order valence-corrected chi connectivity index (χ3v) is 3.04. The Kier molecular flexibility index (Phi) is 2.95. The van der Waals surface area contributed by atoms with Crippen LogP contribution in [0, 0.1) is 6.92 Å². The van der Waals surface area contributed by atoms with Crippen LogP contribution in [0.1, 0.15) is 18.4 Å². The molecule has 0 unspecified atom stereocenters. The summed E-state index contributed by atoms with van der Waals surface area (Å²) in [6.07, 6.45) is 4.18. The van der Waals surface area contributed by atoms with Gasteiger partial charge in [-0.2, -0.15) is 4.98 Å². The van der Waals surface area contributed by atoms with Gasteiger partial charge in [0.2, 0.25) is 5.95 Å². The first kappa shape index (κ1) is 11.8. The smallest absolute Gasteiger partial charge is 0.229 e. The molecule has 0 radical (unpaired) electrons. The SMILES string of the molecule is Cc1cnc(Nc2ccccc2O)nc1NC1CC1. The number of rotatable bonds is 4. The van der Waals surface area contributed by atoms with Crippen molar-refractivity contribution in [2.75, 3.05) is 10.6 Å². The van der Waals surface area contributed by atoms with E-state index >= 15 is 0 Å². The van der Waals surface area contributed by atoms with E-state index in [0.717, 1.165) is 11.4 Å². The van der Waals surface area contributed by atoms with Crippen LogP contribution in [0.3, 0.4) is 0 Å². The van der Waals surface area contributed by atoms with Gasteiger partial charge in [0.05, 0.1) is 5.69 Å². The van der Waals surface area contributed by atoms with Crippen molar-refractivity contribution in [1.82, 2.24) is 9.97 Å². The molecule has 0 saturated heterocycles. The van der Waals surface area contributed by atoms with Gasteiger partial charge >= 0.3 is 0 Å². The second kappa shape index (κ2) is 4.76. The van der Waals surface area contributed by atoms with Crippen molar-refractivity contribution in [3.8, 4) is 5.75 Å². The Morgan fingerprint density at radius 2 is 2.05 bits per heavy atom. The molecule has 1 aromatic carbocycles. The molecule has 0 amide bonds. The number of aromatic nitrogens is 2. The van der Waals surface area contributed by atoms with Gasteiger partial charge in [-0.1, -0.05) is 12.1 Å². The van der Waals surface area contributed by atoms with Gasteiger partial charge in [-0.15, -0.1) is 0 Å². The Hall–Kier alpha value is -2.30. The van der Waals surface area contributed by atoms with Crippen LogP contribution in [0.4, 0.5) is 17.5 Å². The summed E-state index contributed by atoms with van der Waals surface area (Å²) in [5, 5.41) is 16.1. The maximum Gasteiger partial charge on any atom is 0.229 e. The zero-order chi connectivity index (χ0) is 13.2. The molecule has 0 atom stereocenters. The zero-order valence-corrected chi connectivity index (χ0v) is 10.7. The Balaban J connectivity index is 1.82. The van der Waals surface area contributed by atoms with Gasteiger partial charge in [0.1, 0.15) is 11.6 Å². The Morgan fingerprint density at radius 1 is 1.26 bits per heavy atom. The normalized spacial score (nSPS) is 14.2. The van der Waals surface area contributed by atoms with Gasteiger partial charge in [0.25, 0.3) is 0 Å². The summed E-state index contributed by atoms with van der Waals surface area (Å²) in [4.78, 5) is 8.67. The van der Waals surface area contributed by atoms with Gasteiger partial charge in [-0.3, -0.25) is 0 Å². The first-order valence-electron chi connectivity index (χ1n) is 6.37. The van der Waals surface area contributed by atoms with Crippen molar-refractivity contribution < 1.29 is 5.11 Å². The van der Waals surface area contributed by atoms with E-state index in [-0.39, 0.29) is 5.75 Å². The molecule has 98 valence electrons. The monoisotopic (exact) mass is 256 g/mol. The number of benzene rings is 1. The quantitative estimate of drug-likeness (QED) is 0.734. The van der Waals surface area contributed by atoms with E-state index in [1.807, 2.05) is 13.0 Å². The average molecular weight is 256 g/mol. The summed E-state index contributed by atoms with van der Waals surface area (Å²) in [7, 11) is 0. The van der Waals surface area contributed by atoms with Crippen molar-refractivity contribution in [1.29, 1.82) is 0 Å². The van der Waals surface area contributed by atoms with Crippen LogP contribution in [0.2, 0.25) is 0 Å². The van der Waals surface area contributed by atoms with Crippen LogP contribution in [0.15, 0.2) is 30.5 Å². The molecule has 1 saturated carbocycles. The summed E-state index contributed by atoms with van der Waals surface area (Å²) in [5.74, 6) is 1.52. The van der Waals surface area contributed by atoms with E-state index in [9.17, 15) is 5.11 Å². The molecule has 2 aromatic rings. The summed E-state index contributed by atoms with van der Waals surface area (Å²) < 4.78 is 0. The number of phenolic OH excluding ortho intramolecular Hbond substituents is 1. The molecule has 3 rings (SSSR count). The molecular weight excluding hydrogens is 240 g/mol. The lowest BCUT2D eigenvalue weighted by molar-refractivity contribution is 0.477. The molecule has 0 aliphatic heterocycles. The molecule has 1 fully saturated rings. The highest BCUT2D eigenvalue weighted by Crippen LogP contribution is 2.27. The highest BCUT2D eigenvalue weighted by Gasteiger charge is 2.22. The number of anilines is 3. The molecule has 1 aliphatic rings. The number of aryl methyl sites for hydroxylation is 1. The number of nitrogens with one attached hydrogen (secondary N) is 2. The molecule has 1 aliphatic carbocycles. The maximum atomic E-state index is 9.72. The number of para-hydroxylation sites is 2. The summed E-state index contributed by atoms with van der Waals surface area (Å²) in [5.41, 5.74) is 1.62. The summed E-state index contributed by atoms with van der Waals surface area (Å²) in [6, 6.07) is 7.58. The Bertz CT molecular complexity index is 596. The minimum Gasteiger partial charge on any atom is -0.506 e. The fraction of sp³-hybridized carbons (Fsp3) is 0.286. The fourth-order valence-electron chi connectivity index (χ4n) is 1.77. The third-order valence-electron chi connectivity index (χ3n) is 3.04. The molecular formula is C14H16N4O. The summed E-state index contributed by atoms with van der Waals surface area (Å²) in [6.45, 7) is 1.98. The topological polar surface area (TPSA) is 70.1 Å². The zero-order valence-electron chi connectivity index (χ0n) is 10.7. The van der Waals surface area contributed by atoms with E-state index in [1.54, 1.807) is 24.4 Å². The predicted molar refractivity (Wildman–Crippen MR) is 74.8 cm³/mol. The number of aromatic hydroxyl groups is 1. The number of phenols is 1. The van der Waals surface area contributed by atoms with Gasteiger partial charge < -0.3 is 15.7 Å².